The smallest absolute Gasteiger partial charge is 0.151 e. The van der Waals surface area contributed by atoms with Crippen LogP contribution in [0.15, 0.2) is 30.7 Å². The zero-order valence-electron chi connectivity index (χ0n) is 11.1. The monoisotopic (exact) mass is 245 g/mol. The molecular weight excluding hydrogens is 226 g/mol. The number of nitrogens with one attached hydrogen (secondary N) is 1. The Morgan fingerprint density at radius 1 is 1.39 bits per heavy atom. The lowest BCUT2D eigenvalue weighted by Gasteiger charge is -2.22. The second-order valence-corrected chi connectivity index (χ2v) is 4.24. The van der Waals surface area contributed by atoms with Crippen molar-refractivity contribution < 1.29 is 4.74 Å². The molecule has 0 aliphatic heterocycles. The van der Waals surface area contributed by atoms with Crippen LogP contribution in [0.2, 0.25) is 0 Å². The first-order chi connectivity index (χ1) is 8.77. The predicted octanol–water partition coefficient (Wildman–Crippen LogP) is 2.93. The zero-order valence-corrected chi connectivity index (χ0v) is 11.1. The molecule has 1 heterocycles. The SMILES string of the molecule is CCCN(C)c1cccc(-c2cnc[nH]2)c1OC. The summed E-state index contributed by atoms with van der Waals surface area (Å²) in [7, 11) is 3.79. The molecule has 96 valence electrons. The van der Waals surface area contributed by atoms with Gasteiger partial charge < -0.3 is 14.6 Å². The van der Waals surface area contributed by atoms with Crippen molar-refractivity contribution in [2.24, 2.45) is 0 Å². The molecule has 4 heteroatoms. The van der Waals surface area contributed by atoms with Crippen LogP contribution in [0.5, 0.6) is 5.75 Å². The van der Waals surface area contributed by atoms with E-state index in [9.17, 15) is 0 Å². The normalized spacial score (nSPS) is 10.4. The molecule has 2 rings (SSSR count). The van der Waals surface area contributed by atoms with Gasteiger partial charge in [-0.2, -0.15) is 0 Å². The van der Waals surface area contributed by atoms with E-state index in [4.69, 9.17) is 4.74 Å². The molecule has 18 heavy (non-hydrogen) atoms. The second-order valence-electron chi connectivity index (χ2n) is 4.24. The van der Waals surface area contributed by atoms with E-state index in [-0.39, 0.29) is 0 Å². The van der Waals surface area contributed by atoms with Crippen molar-refractivity contribution >= 4 is 5.69 Å². The summed E-state index contributed by atoms with van der Waals surface area (Å²) in [4.78, 5) is 9.38. The summed E-state index contributed by atoms with van der Waals surface area (Å²) in [6.07, 6.45) is 4.59. The van der Waals surface area contributed by atoms with Crippen LogP contribution in [-0.4, -0.2) is 30.7 Å². The van der Waals surface area contributed by atoms with Crippen LogP contribution >= 0.6 is 0 Å². The van der Waals surface area contributed by atoms with Crippen LogP contribution in [0.1, 0.15) is 13.3 Å². The van der Waals surface area contributed by atoms with Crippen LogP contribution in [0.25, 0.3) is 11.3 Å². The molecule has 0 bridgehead atoms. The van der Waals surface area contributed by atoms with Crippen LogP contribution in [0.3, 0.4) is 0 Å². The van der Waals surface area contributed by atoms with Gasteiger partial charge in [0, 0.05) is 19.2 Å². The number of hydrogen-bond donors (Lipinski definition) is 1. The highest BCUT2D eigenvalue weighted by atomic mass is 16.5. The Balaban J connectivity index is 2.46. The third-order valence-electron chi connectivity index (χ3n) is 2.96. The van der Waals surface area contributed by atoms with E-state index >= 15 is 0 Å². The van der Waals surface area contributed by atoms with Gasteiger partial charge in [-0.1, -0.05) is 13.0 Å². The minimum absolute atomic E-state index is 0.887. The average molecular weight is 245 g/mol. The largest absolute Gasteiger partial charge is 0.494 e. The fraction of sp³-hybridized carbons (Fsp3) is 0.357. The van der Waals surface area contributed by atoms with E-state index in [1.807, 2.05) is 12.1 Å². The number of H-pyrrole nitrogens is 1. The second kappa shape index (κ2) is 5.58. The topological polar surface area (TPSA) is 41.2 Å². The maximum atomic E-state index is 5.58. The molecule has 0 amide bonds. The van der Waals surface area contributed by atoms with Gasteiger partial charge in [-0.15, -0.1) is 0 Å². The van der Waals surface area contributed by atoms with E-state index in [1.54, 1.807) is 19.6 Å². The summed E-state index contributed by atoms with van der Waals surface area (Å²) in [6.45, 7) is 3.17. The molecular formula is C14H19N3O. The Bertz CT molecular complexity index is 494. The summed E-state index contributed by atoms with van der Waals surface area (Å²) in [5.41, 5.74) is 3.11. The van der Waals surface area contributed by atoms with Crippen LogP contribution in [-0.2, 0) is 0 Å². The van der Waals surface area contributed by atoms with Gasteiger partial charge in [-0.3, -0.25) is 0 Å². The molecule has 0 aliphatic carbocycles. The number of benzene rings is 1. The predicted molar refractivity (Wildman–Crippen MR) is 74.1 cm³/mol. The standard InChI is InChI=1S/C14H19N3O/c1-4-8-17(2)13-7-5-6-11(14(13)18-3)12-9-15-10-16-12/h5-7,9-10H,4,8H2,1-3H3,(H,15,16). The molecule has 0 unspecified atom stereocenters. The number of anilines is 1. The number of para-hydroxylation sites is 1. The number of imidazole rings is 1. The number of aromatic nitrogens is 2. The lowest BCUT2D eigenvalue weighted by atomic mass is 10.1. The molecule has 1 N–H and O–H groups in total. The summed E-state index contributed by atoms with van der Waals surface area (Å²) >= 11 is 0. The van der Waals surface area contributed by atoms with E-state index in [0.717, 1.165) is 35.7 Å². The average Bonchev–Trinajstić information content (AvgIpc) is 2.91. The lowest BCUT2D eigenvalue weighted by molar-refractivity contribution is 0.416. The molecule has 4 nitrogen and oxygen atoms in total. The Kier molecular flexibility index (Phi) is 3.87. The van der Waals surface area contributed by atoms with Crippen LogP contribution < -0.4 is 9.64 Å². The molecule has 0 spiro atoms. The fourth-order valence-corrected chi connectivity index (χ4v) is 2.11. The number of aromatic amines is 1. The summed E-state index contributed by atoms with van der Waals surface area (Å²) in [5, 5.41) is 0. The number of nitrogens with zero attached hydrogens (tertiary/aromatic N) is 2. The first-order valence-corrected chi connectivity index (χ1v) is 6.14. The van der Waals surface area contributed by atoms with Crippen LogP contribution in [0, 0.1) is 0 Å². The Hall–Kier alpha value is -1.97. The van der Waals surface area contributed by atoms with E-state index in [2.05, 4.69) is 34.9 Å². The highest BCUT2D eigenvalue weighted by Gasteiger charge is 2.14. The molecule has 0 fully saturated rings. The van der Waals surface area contributed by atoms with Crippen molar-refractivity contribution in [3.8, 4) is 17.0 Å². The zero-order chi connectivity index (χ0) is 13.0. The van der Waals surface area contributed by atoms with Gasteiger partial charge in [0.2, 0.25) is 0 Å². The molecule has 2 aromatic rings. The Morgan fingerprint density at radius 3 is 2.83 bits per heavy atom. The van der Waals surface area contributed by atoms with Gasteiger partial charge in [-0.25, -0.2) is 4.98 Å². The minimum Gasteiger partial charge on any atom is -0.494 e. The van der Waals surface area contributed by atoms with Gasteiger partial charge >= 0.3 is 0 Å². The highest BCUT2D eigenvalue weighted by Crippen LogP contribution is 2.36. The minimum atomic E-state index is 0.887. The van der Waals surface area contributed by atoms with Crippen molar-refractivity contribution in [1.29, 1.82) is 0 Å². The molecule has 0 radical (unpaired) electrons. The number of hydrogen-bond acceptors (Lipinski definition) is 3. The Morgan fingerprint density at radius 2 is 2.22 bits per heavy atom. The van der Waals surface area contributed by atoms with Gasteiger partial charge in [0.1, 0.15) is 0 Å². The van der Waals surface area contributed by atoms with Gasteiger partial charge in [0.15, 0.2) is 5.75 Å². The molecule has 0 saturated carbocycles. The molecule has 1 aromatic carbocycles. The van der Waals surface area contributed by atoms with Gasteiger partial charge in [-0.05, 0) is 18.6 Å². The van der Waals surface area contributed by atoms with Gasteiger partial charge in [0.25, 0.3) is 0 Å². The first-order valence-electron chi connectivity index (χ1n) is 6.14. The van der Waals surface area contributed by atoms with Crippen molar-refractivity contribution in [2.45, 2.75) is 13.3 Å². The number of ether oxygens (including phenoxy) is 1. The first kappa shape index (κ1) is 12.5. The van der Waals surface area contributed by atoms with Gasteiger partial charge in [0.05, 0.1) is 31.0 Å². The van der Waals surface area contributed by atoms with Crippen molar-refractivity contribution in [3.05, 3.63) is 30.7 Å². The van der Waals surface area contributed by atoms with Crippen molar-refractivity contribution in [2.75, 3.05) is 25.6 Å². The van der Waals surface area contributed by atoms with E-state index in [1.165, 1.54) is 0 Å². The van der Waals surface area contributed by atoms with E-state index in [0.29, 0.717) is 0 Å². The van der Waals surface area contributed by atoms with Crippen molar-refractivity contribution in [3.63, 3.8) is 0 Å². The Labute approximate surface area is 108 Å². The summed E-state index contributed by atoms with van der Waals surface area (Å²) < 4.78 is 5.58. The molecule has 0 aliphatic rings. The maximum Gasteiger partial charge on any atom is 0.151 e. The molecule has 0 saturated heterocycles. The fourth-order valence-electron chi connectivity index (χ4n) is 2.11. The molecule has 1 aromatic heterocycles. The third-order valence-corrected chi connectivity index (χ3v) is 2.96. The van der Waals surface area contributed by atoms with E-state index < -0.39 is 0 Å². The molecule has 0 atom stereocenters. The number of rotatable bonds is 5. The lowest BCUT2D eigenvalue weighted by Crippen LogP contribution is -2.18. The highest BCUT2D eigenvalue weighted by molar-refractivity contribution is 5.76. The maximum absolute atomic E-state index is 5.58. The van der Waals surface area contributed by atoms with Crippen LogP contribution in [0.4, 0.5) is 5.69 Å². The quantitative estimate of drug-likeness (QED) is 0.880. The summed E-state index contributed by atoms with van der Waals surface area (Å²) in [6, 6.07) is 6.16. The van der Waals surface area contributed by atoms with Crippen molar-refractivity contribution in [1.82, 2.24) is 9.97 Å². The third kappa shape index (κ3) is 2.32. The number of methoxy groups -OCH3 is 1. The summed E-state index contributed by atoms with van der Waals surface area (Å²) in [5.74, 6) is 0.887.